The average Bonchev–Trinajstić information content (AvgIpc) is 3.17. The van der Waals surface area contributed by atoms with Gasteiger partial charge in [-0.1, -0.05) is 37.1 Å². The molecule has 0 saturated heterocycles. The Hall–Kier alpha value is -1.87. The van der Waals surface area contributed by atoms with Gasteiger partial charge in [0.25, 0.3) is 0 Å². The molecule has 1 fully saturated rings. The Kier molecular flexibility index (Phi) is 7.23. The van der Waals surface area contributed by atoms with E-state index in [1.165, 1.54) is 12.1 Å². The molecule has 1 unspecified atom stereocenters. The highest BCUT2D eigenvalue weighted by Gasteiger charge is 2.35. The quantitative estimate of drug-likeness (QED) is 0.572. The number of aliphatic carboxylic acids is 1. The van der Waals surface area contributed by atoms with Crippen LogP contribution in [0.4, 0.5) is 0 Å². The summed E-state index contributed by atoms with van der Waals surface area (Å²) in [7, 11) is -3.66. The monoisotopic (exact) mass is 449 g/mol. The lowest BCUT2D eigenvalue weighted by atomic mass is 9.80. The summed E-state index contributed by atoms with van der Waals surface area (Å²) in [4.78, 5) is 11.6. The molecule has 0 aliphatic heterocycles. The lowest BCUT2D eigenvalue weighted by Gasteiger charge is -2.29. The van der Waals surface area contributed by atoms with Crippen molar-refractivity contribution in [3.63, 3.8) is 0 Å². The maximum absolute atomic E-state index is 12.8. The van der Waals surface area contributed by atoms with Gasteiger partial charge in [0, 0.05) is 6.54 Å². The van der Waals surface area contributed by atoms with Gasteiger partial charge in [0.1, 0.15) is 6.26 Å². The van der Waals surface area contributed by atoms with E-state index in [-0.39, 0.29) is 16.7 Å². The van der Waals surface area contributed by atoms with Crippen LogP contribution >= 0.6 is 0 Å². The fourth-order valence-corrected chi connectivity index (χ4v) is 5.74. The van der Waals surface area contributed by atoms with E-state index in [1.807, 2.05) is 24.3 Å². The molecule has 1 aliphatic rings. The third-order valence-corrected chi connectivity index (χ3v) is 8.08. The molecule has 0 amide bonds. The van der Waals surface area contributed by atoms with Crippen LogP contribution in [0.15, 0.2) is 58.3 Å². The summed E-state index contributed by atoms with van der Waals surface area (Å²) < 4.78 is 39.8. The van der Waals surface area contributed by atoms with Gasteiger partial charge in [-0.25, -0.2) is 13.1 Å². The maximum atomic E-state index is 12.8. The summed E-state index contributed by atoms with van der Waals surface area (Å²) in [5.41, 5.74) is 1.69. The Balaban J connectivity index is 1.69. The van der Waals surface area contributed by atoms with Crippen molar-refractivity contribution < 1.29 is 22.9 Å². The number of hydrogen-bond acceptors (Lipinski definition) is 4. The normalized spacial score (nSPS) is 17.0. The van der Waals surface area contributed by atoms with Gasteiger partial charge in [-0.05, 0) is 71.2 Å². The molecule has 2 aromatic rings. The van der Waals surface area contributed by atoms with Crippen molar-refractivity contribution in [2.24, 2.45) is 5.41 Å². The molecule has 0 aromatic heterocycles. The minimum absolute atomic E-state index is 0.00433. The molecule has 2 aromatic carbocycles. The molecular formula is C22H27NO5S2. The zero-order valence-electron chi connectivity index (χ0n) is 17.0. The summed E-state index contributed by atoms with van der Waals surface area (Å²) in [5.74, 6) is -0.859. The van der Waals surface area contributed by atoms with Crippen molar-refractivity contribution in [2.75, 3.05) is 12.8 Å². The first-order valence-electron chi connectivity index (χ1n) is 9.92. The minimum Gasteiger partial charge on any atom is -0.612 e. The van der Waals surface area contributed by atoms with Gasteiger partial charge in [0.05, 0.1) is 11.3 Å². The van der Waals surface area contributed by atoms with Crippen molar-refractivity contribution in [3.8, 4) is 0 Å². The standard InChI is InChI=1S/C22H27NO5S2/c1-29(26)19-8-10-20(11-9-19)30(27,28)23-16-22(12-2-3-13-22)15-18-6-4-17(5-7-18)14-21(24)25/h4-11,23H,2-3,12-16H2,1H3,(H,24,25). The van der Waals surface area contributed by atoms with Crippen molar-refractivity contribution in [2.45, 2.75) is 48.3 Å². The van der Waals surface area contributed by atoms with Gasteiger partial charge in [-0.2, -0.15) is 0 Å². The zero-order chi connectivity index (χ0) is 21.8. The summed E-state index contributed by atoms with van der Waals surface area (Å²) in [6, 6.07) is 13.7. The van der Waals surface area contributed by atoms with Crippen LogP contribution < -0.4 is 4.72 Å². The van der Waals surface area contributed by atoms with Crippen molar-refractivity contribution in [1.29, 1.82) is 0 Å². The van der Waals surface area contributed by atoms with E-state index < -0.39 is 27.2 Å². The van der Waals surface area contributed by atoms with E-state index in [9.17, 15) is 17.8 Å². The number of carboxylic acids is 1. The number of carbonyl (C=O) groups is 1. The van der Waals surface area contributed by atoms with E-state index in [1.54, 1.807) is 18.4 Å². The molecule has 30 heavy (non-hydrogen) atoms. The van der Waals surface area contributed by atoms with Crippen molar-refractivity contribution in [3.05, 3.63) is 59.7 Å². The second-order valence-corrected chi connectivity index (χ2v) is 11.2. The highest BCUT2D eigenvalue weighted by Crippen LogP contribution is 2.40. The molecule has 1 aliphatic carbocycles. The van der Waals surface area contributed by atoms with Gasteiger partial charge in [0.15, 0.2) is 4.90 Å². The number of nitrogens with one attached hydrogen (secondary N) is 1. The number of sulfonamides is 1. The molecule has 1 atom stereocenters. The predicted molar refractivity (Wildman–Crippen MR) is 116 cm³/mol. The number of carboxylic acid groups (broad SMARTS) is 1. The molecule has 2 N–H and O–H groups in total. The summed E-state index contributed by atoms with van der Waals surface area (Å²) in [6.07, 6.45) is 6.32. The molecule has 1 saturated carbocycles. The highest BCUT2D eigenvalue weighted by atomic mass is 32.2. The summed E-state index contributed by atoms with van der Waals surface area (Å²) in [5, 5.41) is 8.91. The lowest BCUT2D eigenvalue weighted by Crippen LogP contribution is -2.37. The SMILES string of the molecule is C[S+]([O-])c1ccc(S(=O)(=O)NCC2(Cc3ccc(CC(=O)O)cc3)CCCC2)cc1. The predicted octanol–water partition coefficient (Wildman–Crippen LogP) is 3.13. The molecule has 8 heteroatoms. The van der Waals surface area contributed by atoms with Crippen LogP contribution in [0, 0.1) is 5.41 Å². The Morgan fingerprint density at radius 1 is 1.07 bits per heavy atom. The molecular weight excluding hydrogens is 422 g/mol. The first-order valence-corrected chi connectivity index (χ1v) is 13.0. The molecule has 0 spiro atoms. The molecule has 6 nitrogen and oxygen atoms in total. The Morgan fingerprint density at radius 2 is 1.63 bits per heavy atom. The van der Waals surface area contributed by atoms with Gasteiger partial charge in [-0.3, -0.25) is 4.79 Å². The van der Waals surface area contributed by atoms with Crippen LogP contribution in [0.1, 0.15) is 36.8 Å². The zero-order valence-corrected chi connectivity index (χ0v) is 18.6. The third-order valence-electron chi connectivity index (χ3n) is 5.72. The van der Waals surface area contributed by atoms with Crippen LogP contribution in [0.2, 0.25) is 0 Å². The van der Waals surface area contributed by atoms with Crippen LogP contribution in [0.3, 0.4) is 0 Å². The summed E-state index contributed by atoms with van der Waals surface area (Å²) in [6.45, 7) is 0.355. The second-order valence-electron chi connectivity index (χ2n) is 8.02. The largest absolute Gasteiger partial charge is 0.612 e. The van der Waals surface area contributed by atoms with E-state index in [0.29, 0.717) is 11.4 Å². The van der Waals surface area contributed by atoms with Crippen molar-refractivity contribution >= 4 is 27.2 Å². The van der Waals surface area contributed by atoms with E-state index >= 15 is 0 Å². The maximum Gasteiger partial charge on any atom is 0.307 e. The second kappa shape index (κ2) is 9.51. The molecule has 3 rings (SSSR count). The Bertz CT molecular complexity index is 964. The van der Waals surface area contributed by atoms with E-state index in [0.717, 1.165) is 43.2 Å². The van der Waals surface area contributed by atoms with E-state index in [2.05, 4.69) is 4.72 Å². The number of hydrogen-bond donors (Lipinski definition) is 2. The number of benzene rings is 2. The van der Waals surface area contributed by atoms with E-state index in [4.69, 9.17) is 5.11 Å². The van der Waals surface area contributed by atoms with Crippen LogP contribution in [-0.4, -0.2) is 36.8 Å². The molecule has 0 bridgehead atoms. The fourth-order valence-electron chi connectivity index (χ4n) is 4.07. The van der Waals surface area contributed by atoms with Gasteiger partial charge >= 0.3 is 5.97 Å². The van der Waals surface area contributed by atoms with Gasteiger partial charge in [-0.15, -0.1) is 0 Å². The van der Waals surface area contributed by atoms with Crippen LogP contribution in [0.25, 0.3) is 0 Å². The minimum atomic E-state index is -3.66. The lowest BCUT2D eigenvalue weighted by molar-refractivity contribution is -0.136. The fraction of sp³-hybridized carbons (Fsp3) is 0.409. The molecule has 0 heterocycles. The van der Waals surface area contributed by atoms with Crippen LogP contribution in [0.5, 0.6) is 0 Å². The Labute approximate surface area is 180 Å². The Morgan fingerprint density at radius 3 is 2.17 bits per heavy atom. The third kappa shape index (κ3) is 5.85. The first-order chi connectivity index (χ1) is 14.2. The van der Waals surface area contributed by atoms with Crippen molar-refractivity contribution in [1.82, 2.24) is 4.72 Å². The van der Waals surface area contributed by atoms with Gasteiger partial charge < -0.3 is 9.66 Å². The smallest absolute Gasteiger partial charge is 0.307 e. The molecule has 0 radical (unpaired) electrons. The topological polar surface area (TPSA) is 107 Å². The van der Waals surface area contributed by atoms with Gasteiger partial charge in [0.2, 0.25) is 10.0 Å². The van der Waals surface area contributed by atoms with Crippen LogP contribution in [-0.2, 0) is 38.8 Å². The average molecular weight is 450 g/mol. The number of rotatable bonds is 9. The summed E-state index contributed by atoms with van der Waals surface area (Å²) >= 11 is -1.15. The molecule has 162 valence electrons. The first kappa shape index (κ1) is 22.8. The highest BCUT2D eigenvalue weighted by molar-refractivity contribution is 7.90.